The normalized spacial score (nSPS) is 21.1. The minimum absolute atomic E-state index is 0.0243. The van der Waals surface area contributed by atoms with Crippen LogP contribution in [-0.4, -0.2) is 29.9 Å². The predicted octanol–water partition coefficient (Wildman–Crippen LogP) is 2.29. The molecular weight excluding hydrogens is 255 g/mol. The fraction of sp³-hybridized carbons (Fsp3) is 0.462. The maximum Gasteiger partial charge on any atom is 0.256 e. The molecule has 1 saturated heterocycles. The number of carbonyl (C=O) groups is 1. The van der Waals surface area contributed by atoms with Crippen LogP contribution < -0.4 is 5.73 Å². The third kappa shape index (κ3) is 2.49. The summed E-state index contributed by atoms with van der Waals surface area (Å²) in [6, 6.07) is 4.52. The average Bonchev–Trinajstić information content (AvgIpc) is 2.81. The van der Waals surface area contributed by atoms with E-state index in [0.717, 1.165) is 6.42 Å². The third-order valence-electron chi connectivity index (χ3n) is 3.44. The summed E-state index contributed by atoms with van der Waals surface area (Å²) >= 11 is 5.68. The lowest BCUT2D eigenvalue weighted by atomic mass is 10.0. The van der Waals surface area contributed by atoms with Crippen molar-refractivity contribution in [2.75, 3.05) is 13.1 Å². The van der Waals surface area contributed by atoms with Gasteiger partial charge in [-0.2, -0.15) is 0 Å². The van der Waals surface area contributed by atoms with Gasteiger partial charge in [0, 0.05) is 19.1 Å². The Morgan fingerprint density at radius 1 is 1.61 bits per heavy atom. The number of halogens is 2. The Morgan fingerprint density at radius 2 is 2.33 bits per heavy atom. The van der Waals surface area contributed by atoms with Crippen LogP contribution in [-0.2, 0) is 0 Å². The molecule has 1 aliphatic heterocycles. The van der Waals surface area contributed by atoms with Gasteiger partial charge in [0.15, 0.2) is 5.82 Å². The molecule has 2 unspecified atom stereocenters. The van der Waals surface area contributed by atoms with E-state index in [2.05, 4.69) is 0 Å². The van der Waals surface area contributed by atoms with E-state index in [1.165, 1.54) is 12.1 Å². The van der Waals surface area contributed by atoms with Crippen molar-refractivity contribution < 1.29 is 9.18 Å². The molecule has 2 rings (SSSR count). The molecule has 2 N–H and O–H groups in total. The summed E-state index contributed by atoms with van der Waals surface area (Å²) in [5.74, 6) is -0.664. The van der Waals surface area contributed by atoms with E-state index in [1.807, 2.05) is 6.92 Å². The minimum atomic E-state index is -0.645. The zero-order valence-corrected chi connectivity index (χ0v) is 11.0. The van der Waals surface area contributed by atoms with Gasteiger partial charge in [0.25, 0.3) is 5.91 Å². The van der Waals surface area contributed by atoms with Crippen molar-refractivity contribution in [3.05, 3.63) is 34.6 Å². The topological polar surface area (TPSA) is 46.3 Å². The molecule has 1 aromatic carbocycles. The van der Waals surface area contributed by atoms with Crippen molar-refractivity contribution in [3.63, 3.8) is 0 Å². The number of rotatable bonds is 2. The predicted molar refractivity (Wildman–Crippen MR) is 69.1 cm³/mol. The molecule has 1 aliphatic rings. The minimum Gasteiger partial charge on any atom is -0.338 e. The lowest BCUT2D eigenvalue weighted by Crippen LogP contribution is -2.33. The summed E-state index contributed by atoms with van der Waals surface area (Å²) in [6.07, 6.45) is 0.867. The summed E-state index contributed by atoms with van der Waals surface area (Å²) in [6.45, 7) is 3.14. The van der Waals surface area contributed by atoms with Crippen molar-refractivity contribution in [2.24, 2.45) is 11.7 Å². The van der Waals surface area contributed by atoms with Crippen LogP contribution >= 0.6 is 11.6 Å². The van der Waals surface area contributed by atoms with Gasteiger partial charge < -0.3 is 10.6 Å². The van der Waals surface area contributed by atoms with Crippen molar-refractivity contribution in [2.45, 2.75) is 19.4 Å². The molecule has 3 nitrogen and oxygen atoms in total. The molecule has 18 heavy (non-hydrogen) atoms. The molecular formula is C13H16ClFN2O. The van der Waals surface area contributed by atoms with E-state index < -0.39 is 5.82 Å². The highest BCUT2D eigenvalue weighted by molar-refractivity contribution is 6.31. The van der Waals surface area contributed by atoms with Gasteiger partial charge >= 0.3 is 0 Å². The number of hydrogen-bond donors (Lipinski definition) is 1. The second-order valence-corrected chi connectivity index (χ2v) is 5.17. The van der Waals surface area contributed by atoms with Gasteiger partial charge in [-0.3, -0.25) is 4.79 Å². The van der Waals surface area contributed by atoms with E-state index in [-0.39, 0.29) is 28.5 Å². The van der Waals surface area contributed by atoms with Gasteiger partial charge in [0.1, 0.15) is 0 Å². The first-order valence-corrected chi connectivity index (χ1v) is 6.37. The van der Waals surface area contributed by atoms with Crippen molar-refractivity contribution >= 4 is 17.5 Å². The lowest BCUT2D eigenvalue weighted by Gasteiger charge is -2.18. The highest BCUT2D eigenvalue weighted by Gasteiger charge is 2.30. The van der Waals surface area contributed by atoms with Gasteiger partial charge in [-0.25, -0.2) is 4.39 Å². The molecule has 0 saturated carbocycles. The summed E-state index contributed by atoms with van der Waals surface area (Å²) in [7, 11) is 0. The smallest absolute Gasteiger partial charge is 0.256 e. The van der Waals surface area contributed by atoms with Crippen LogP contribution in [0.2, 0.25) is 5.02 Å². The van der Waals surface area contributed by atoms with Gasteiger partial charge in [0.2, 0.25) is 0 Å². The zero-order valence-electron chi connectivity index (χ0n) is 10.2. The monoisotopic (exact) mass is 270 g/mol. The molecule has 98 valence electrons. The second kappa shape index (κ2) is 5.24. The quantitative estimate of drug-likeness (QED) is 0.896. The number of carbonyl (C=O) groups excluding carboxylic acids is 1. The molecule has 1 amide bonds. The first-order valence-electron chi connectivity index (χ1n) is 5.99. The Morgan fingerprint density at radius 3 is 2.94 bits per heavy atom. The number of hydrogen-bond acceptors (Lipinski definition) is 2. The SMILES string of the molecule is CC(N)C1CCN(C(=O)c2cccc(Cl)c2F)C1. The molecule has 0 aromatic heterocycles. The molecule has 0 radical (unpaired) electrons. The Balaban J connectivity index is 2.16. The van der Waals surface area contributed by atoms with Crippen molar-refractivity contribution in [3.8, 4) is 0 Å². The average molecular weight is 271 g/mol. The largest absolute Gasteiger partial charge is 0.338 e. The van der Waals surface area contributed by atoms with E-state index in [1.54, 1.807) is 11.0 Å². The van der Waals surface area contributed by atoms with Gasteiger partial charge in [-0.05, 0) is 31.4 Å². The Bertz CT molecular complexity index is 464. The first kappa shape index (κ1) is 13.3. The molecule has 2 atom stereocenters. The van der Waals surface area contributed by atoms with Crippen LogP contribution in [0.3, 0.4) is 0 Å². The summed E-state index contributed by atoms with van der Waals surface area (Å²) in [5, 5.41) is -0.0243. The standard InChI is InChI=1S/C13H16ClFN2O/c1-8(16)9-5-6-17(7-9)13(18)10-3-2-4-11(14)12(10)15/h2-4,8-9H,5-7,16H2,1H3. The van der Waals surface area contributed by atoms with Gasteiger partial charge in [-0.15, -0.1) is 0 Å². The maximum atomic E-state index is 13.8. The van der Waals surface area contributed by atoms with E-state index in [0.29, 0.717) is 13.1 Å². The van der Waals surface area contributed by atoms with Gasteiger partial charge in [-0.1, -0.05) is 17.7 Å². The van der Waals surface area contributed by atoms with Crippen LogP contribution in [0, 0.1) is 11.7 Å². The Hall–Kier alpha value is -1.13. The molecule has 5 heteroatoms. The lowest BCUT2D eigenvalue weighted by molar-refractivity contribution is 0.0781. The van der Waals surface area contributed by atoms with Crippen molar-refractivity contribution in [1.82, 2.24) is 4.90 Å². The number of nitrogens with zero attached hydrogens (tertiary/aromatic N) is 1. The van der Waals surface area contributed by atoms with Crippen LogP contribution in [0.15, 0.2) is 18.2 Å². The molecule has 0 spiro atoms. The van der Waals surface area contributed by atoms with Gasteiger partial charge in [0.05, 0.1) is 10.6 Å². The van der Waals surface area contributed by atoms with Crippen LogP contribution in [0.4, 0.5) is 4.39 Å². The summed E-state index contributed by atoms with van der Waals surface area (Å²) in [4.78, 5) is 13.8. The zero-order chi connectivity index (χ0) is 13.3. The van der Waals surface area contributed by atoms with Crippen LogP contribution in [0.1, 0.15) is 23.7 Å². The number of likely N-dealkylation sites (tertiary alicyclic amines) is 1. The van der Waals surface area contributed by atoms with E-state index in [9.17, 15) is 9.18 Å². The second-order valence-electron chi connectivity index (χ2n) is 4.76. The maximum absolute atomic E-state index is 13.8. The number of benzene rings is 1. The molecule has 1 fully saturated rings. The summed E-state index contributed by atoms with van der Waals surface area (Å²) < 4.78 is 13.8. The fourth-order valence-corrected chi connectivity index (χ4v) is 2.41. The van der Waals surface area contributed by atoms with Crippen molar-refractivity contribution in [1.29, 1.82) is 0 Å². The Kier molecular flexibility index (Phi) is 3.88. The Labute approximate surface area is 111 Å². The van der Waals surface area contributed by atoms with E-state index in [4.69, 9.17) is 17.3 Å². The fourth-order valence-electron chi connectivity index (χ4n) is 2.24. The summed E-state index contributed by atoms with van der Waals surface area (Å²) in [5.41, 5.74) is 5.85. The third-order valence-corrected chi connectivity index (χ3v) is 3.73. The first-order chi connectivity index (χ1) is 8.50. The molecule has 1 aromatic rings. The van der Waals surface area contributed by atoms with E-state index >= 15 is 0 Å². The molecule has 1 heterocycles. The number of nitrogens with two attached hydrogens (primary N) is 1. The number of amides is 1. The highest BCUT2D eigenvalue weighted by Crippen LogP contribution is 2.24. The molecule has 0 bridgehead atoms. The highest BCUT2D eigenvalue weighted by atomic mass is 35.5. The van der Waals surface area contributed by atoms with Crippen LogP contribution in [0.25, 0.3) is 0 Å². The molecule has 0 aliphatic carbocycles. The van der Waals surface area contributed by atoms with Crippen LogP contribution in [0.5, 0.6) is 0 Å².